The lowest BCUT2D eigenvalue weighted by Crippen LogP contribution is -2.44. The summed E-state index contributed by atoms with van der Waals surface area (Å²) in [6, 6.07) is 7.81. The van der Waals surface area contributed by atoms with Crippen LogP contribution in [0.3, 0.4) is 0 Å². The van der Waals surface area contributed by atoms with Crippen LogP contribution in [0.4, 0.5) is 5.69 Å². The maximum absolute atomic E-state index is 11.5. The van der Waals surface area contributed by atoms with E-state index in [1.807, 2.05) is 12.1 Å². The van der Waals surface area contributed by atoms with Crippen molar-refractivity contribution >= 4 is 15.5 Å². The first-order valence-electron chi connectivity index (χ1n) is 7.79. The third-order valence-electron chi connectivity index (χ3n) is 3.98. The second kappa shape index (κ2) is 7.27. The first-order chi connectivity index (χ1) is 10.0. The Morgan fingerprint density at radius 1 is 1.24 bits per heavy atom. The number of sulfone groups is 1. The Hall–Kier alpha value is -1.07. The molecule has 1 aromatic rings. The average molecular weight is 310 g/mol. The Morgan fingerprint density at radius 2 is 1.95 bits per heavy atom. The van der Waals surface area contributed by atoms with Crippen molar-refractivity contribution in [3.05, 3.63) is 24.3 Å². The number of hydrogen-bond acceptors (Lipinski definition) is 4. The molecule has 1 aliphatic rings. The zero-order chi connectivity index (χ0) is 15.3. The van der Waals surface area contributed by atoms with E-state index in [0.717, 1.165) is 31.7 Å². The van der Waals surface area contributed by atoms with E-state index in [1.165, 1.54) is 25.5 Å². The van der Waals surface area contributed by atoms with Crippen LogP contribution in [0, 0.1) is 0 Å². The summed E-state index contributed by atoms with van der Waals surface area (Å²) < 4.78 is 23.1. The van der Waals surface area contributed by atoms with Crippen LogP contribution < -0.4 is 10.2 Å². The summed E-state index contributed by atoms with van der Waals surface area (Å²) in [6.45, 7) is 5.27. The van der Waals surface area contributed by atoms with Crippen molar-refractivity contribution in [1.82, 2.24) is 5.32 Å². The van der Waals surface area contributed by atoms with Gasteiger partial charge in [-0.25, -0.2) is 8.42 Å². The van der Waals surface area contributed by atoms with Crippen molar-refractivity contribution in [3.63, 3.8) is 0 Å². The van der Waals surface area contributed by atoms with Crippen LogP contribution in [-0.4, -0.2) is 40.3 Å². The summed E-state index contributed by atoms with van der Waals surface area (Å²) in [6.07, 6.45) is 6.12. The number of anilines is 1. The first kappa shape index (κ1) is 16.3. The fourth-order valence-corrected chi connectivity index (χ4v) is 3.48. The molecule has 1 aromatic carbocycles. The Labute approximate surface area is 128 Å². The molecule has 0 aromatic heterocycles. The summed E-state index contributed by atoms with van der Waals surface area (Å²) in [4.78, 5) is 2.74. The lowest BCUT2D eigenvalue weighted by Gasteiger charge is -2.32. The molecule has 1 atom stereocenters. The van der Waals surface area contributed by atoms with Crippen molar-refractivity contribution in [2.75, 3.05) is 30.8 Å². The number of benzene rings is 1. The highest BCUT2D eigenvalue weighted by Crippen LogP contribution is 2.20. The molecule has 0 saturated carbocycles. The molecule has 1 unspecified atom stereocenters. The molecule has 0 amide bonds. The number of nitrogens with one attached hydrogen (secondary N) is 1. The summed E-state index contributed by atoms with van der Waals surface area (Å²) in [5, 5.41) is 3.58. The third kappa shape index (κ3) is 4.71. The molecule has 1 aliphatic heterocycles. The van der Waals surface area contributed by atoms with Crippen molar-refractivity contribution in [3.8, 4) is 0 Å². The Kier molecular flexibility index (Phi) is 5.65. The van der Waals surface area contributed by atoms with E-state index in [0.29, 0.717) is 10.9 Å². The van der Waals surface area contributed by atoms with Crippen molar-refractivity contribution < 1.29 is 8.42 Å². The Balaban J connectivity index is 2.09. The molecule has 0 spiro atoms. The van der Waals surface area contributed by atoms with Gasteiger partial charge in [0.1, 0.15) is 0 Å². The fourth-order valence-electron chi connectivity index (χ4n) is 2.85. The van der Waals surface area contributed by atoms with Crippen LogP contribution in [0.25, 0.3) is 0 Å². The zero-order valence-corrected chi connectivity index (χ0v) is 13.8. The maximum atomic E-state index is 11.5. The highest BCUT2D eigenvalue weighted by Gasteiger charge is 2.17. The topological polar surface area (TPSA) is 49.4 Å². The quantitative estimate of drug-likeness (QED) is 0.877. The van der Waals surface area contributed by atoms with Gasteiger partial charge in [0.15, 0.2) is 9.84 Å². The third-order valence-corrected chi connectivity index (χ3v) is 5.11. The molecule has 0 aliphatic carbocycles. The molecule has 2 rings (SSSR count). The predicted molar refractivity (Wildman–Crippen MR) is 87.7 cm³/mol. The van der Waals surface area contributed by atoms with E-state index >= 15 is 0 Å². The summed E-state index contributed by atoms with van der Waals surface area (Å²) in [5.41, 5.74) is 1.11. The maximum Gasteiger partial charge on any atom is 0.175 e. The van der Waals surface area contributed by atoms with Gasteiger partial charge in [0, 0.05) is 31.1 Å². The minimum atomic E-state index is -3.12. The highest BCUT2D eigenvalue weighted by atomic mass is 32.2. The van der Waals surface area contributed by atoms with Gasteiger partial charge in [0.2, 0.25) is 0 Å². The van der Waals surface area contributed by atoms with E-state index in [2.05, 4.69) is 17.1 Å². The van der Waals surface area contributed by atoms with Gasteiger partial charge in [0.25, 0.3) is 0 Å². The molecular formula is C16H26N2O2S. The highest BCUT2D eigenvalue weighted by molar-refractivity contribution is 7.90. The smallest absolute Gasteiger partial charge is 0.175 e. The number of nitrogens with zero attached hydrogens (tertiary/aromatic N) is 1. The molecule has 1 heterocycles. The van der Waals surface area contributed by atoms with E-state index in [1.54, 1.807) is 12.1 Å². The monoisotopic (exact) mass is 310 g/mol. The van der Waals surface area contributed by atoms with Crippen LogP contribution in [0.1, 0.15) is 32.6 Å². The van der Waals surface area contributed by atoms with Gasteiger partial charge in [-0.2, -0.15) is 0 Å². The number of rotatable bonds is 6. The van der Waals surface area contributed by atoms with Crippen molar-refractivity contribution in [2.45, 2.75) is 43.5 Å². The summed E-state index contributed by atoms with van der Waals surface area (Å²) in [5.74, 6) is 0. The van der Waals surface area contributed by atoms with E-state index < -0.39 is 9.84 Å². The fraction of sp³-hybridized carbons (Fsp3) is 0.625. The molecule has 0 radical (unpaired) electrons. The minimum absolute atomic E-state index is 0.387. The summed E-state index contributed by atoms with van der Waals surface area (Å²) >= 11 is 0. The van der Waals surface area contributed by atoms with Gasteiger partial charge in [-0.15, -0.1) is 0 Å². The molecule has 21 heavy (non-hydrogen) atoms. The second-order valence-corrected chi connectivity index (χ2v) is 7.87. The Morgan fingerprint density at radius 3 is 2.48 bits per heavy atom. The molecular weight excluding hydrogens is 284 g/mol. The van der Waals surface area contributed by atoms with E-state index in [-0.39, 0.29) is 0 Å². The SMILES string of the molecule is CCCN(CC1CCCCN1)c1ccc(S(C)(=O)=O)cc1. The normalized spacial score (nSPS) is 19.4. The molecule has 5 heteroatoms. The lowest BCUT2D eigenvalue weighted by molar-refractivity contribution is 0.399. The van der Waals surface area contributed by atoms with Crippen LogP contribution >= 0.6 is 0 Å². The van der Waals surface area contributed by atoms with Crippen LogP contribution in [-0.2, 0) is 9.84 Å². The largest absolute Gasteiger partial charge is 0.370 e. The Bertz CT molecular complexity index is 534. The van der Waals surface area contributed by atoms with E-state index in [9.17, 15) is 8.42 Å². The van der Waals surface area contributed by atoms with Crippen LogP contribution in [0.5, 0.6) is 0 Å². The molecule has 0 bridgehead atoms. The van der Waals surface area contributed by atoms with E-state index in [4.69, 9.17) is 0 Å². The average Bonchev–Trinajstić information content (AvgIpc) is 2.47. The second-order valence-electron chi connectivity index (χ2n) is 5.86. The number of hydrogen-bond donors (Lipinski definition) is 1. The lowest BCUT2D eigenvalue weighted by atomic mass is 10.0. The number of piperidine rings is 1. The van der Waals surface area contributed by atoms with Gasteiger partial charge in [-0.1, -0.05) is 13.3 Å². The van der Waals surface area contributed by atoms with Crippen molar-refractivity contribution in [2.24, 2.45) is 0 Å². The molecule has 1 N–H and O–H groups in total. The minimum Gasteiger partial charge on any atom is -0.370 e. The van der Waals surface area contributed by atoms with Crippen molar-refractivity contribution in [1.29, 1.82) is 0 Å². The summed E-state index contributed by atoms with van der Waals surface area (Å²) in [7, 11) is -3.12. The van der Waals surface area contributed by atoms with Gasteiger partial charge in [0.05, 0.1) is 4.90 Å². The van der Waals surface area contributed by atoms with Gasteiger partial charge < -0.3 is 10.2 Å². The molecule has 1 fully saturated rings. The van der Waals surface area contributed by atoms with Gasteiger partial charge >= 0.3 is 0 Å². The van der Waals surface area contributed by atoms with Gasteiger partial charge in [-0.3, -0.25) is 0 Å². The predicted octanol–water partition coefficient (Wildman–Crippen LogP) is 2.45. The molecule has 4 nitrogen and oxygen atoms in total. The zero-order valence-electron chi connectivity index (χ0n) is 13.0. The standard InChI is InChI=1S/C16H26N2O2S/c1-3-12-18(13-14-6-4-5-11-17-14)15-7-9-16(10-8-15)21(2,19)20/h7-10,14,17H,3-6,11-13H2,1-2H3. The first-order valence-corrected chi connectivity index (χ1v) is 9.68. The van der Waals surface area contributed by atoms with Crippen LogP contribution in [0.15, 0.2) is 29.2 Å². The molecule has 118 valence electrons. The van der Waals surface area contributed by atoms with Gasteiger partial charge in [-0.05, 0) is 50.1 Å². The van der Waals surface area contributed by atoms with Crippen LogP contribution in [0.2, 0.25) is 0 Å². The molecule has 1 saturated heterocycles.